The van der Waals surface area contributed by atoms with Gasteiger partial charge in [-0.15, -0.1) is 0 Å². The topological polar surface area (TPSA) is 45.0 Å². The molecule has 0 rings (SSSR count). The second kappa shape index (κ2) is 20.5. The molecule has 0 heterocycles. The third-order valence-electron chi connectivity index (χ3n) is 4.59. The highest BCUT2D eigenvalue weighted by Crippen LogP contribution is 2.12. The van der Waals surface area contributed by atoms with Crippen LogP contribution in [-0.2, 0) is 4.74 Å². The minimum atomic E-state index is -0.0124. The predicted molar refractivity (Wildman–Crippen MR) is 104 cm³/mol. The van der Waals surface area contributed by atoms with Gasteiger partial charge in [-0.05, 0) is 13.5 Å². The van der Waals surface area contributed by atoms with E-state index in [1.165, 1.54) is 83.5 Å². The number of hydrogen-bond donors (Lipinski definition) is 1. The Bertz CT molecular complexity index is 276. The van der Waals surface area contributed by atoms with Crippen LogP contribution in [0.1, 0.15) is 96.8 Å². The van der Waals surface area contributed by atoms with Gasteiger partial charge in [0.25, 0.3) is 0 Å². The summed E-state index contributed by atoms with van der Waals surface area (Å²) in [5, 5.41) is 11.9. The second-order valence-corrected chi connectivity index (χ2v) is 7.05. The number of nitrogens with one attached hydrogen (secondary N) is 1. The van der Waals surface area contributed by atoms with Crippen molar-refractivity contribution in [1.82, 2.24) is 5.32 Å². The van der Waals surface area contributed by atoms with Crippen LogP contribution in [0.25, 0.3) is 0 Å². The highest BCUT2D eigenvalue weighted by atomic mass is 16.5. The standard InChI is InChI=1S/C21H42N2O/c1-3-4-5-6-7-8-9-10-11-12-13-14-15-16-17-24-20-21(18-22)19-23-2/h21,23H,3-17,19-20H2,1-2H3. The van der Waals surface area contributed by atoms with Crippen molar-refractivity contribution < 1.29 is 4.74 Å². The minimum absolute atomic E-state index is 0.0124. The van der Waals surface area contributed by atoms with E-state index >= 15 is 0 Å². The van der Waals surface area contributed by atoms with Crippen LogP contribution in [0.4, 0.5) is 0 Å². The zero-order valence-electron chi connectivity index (χ0n) is 16.5. The van der Waals surface area contributed by atoms with Gasteiger partial charge in [0, 0.05) is 13.2 Å². The summed E-state index contributed by atoms with van der Waals surface area (Å²) in [5.74, 6) is -0.0124. The third-order valence-corrected chi connectivity index (χ3v) is 4.59. The molecule has 1 N–H and O–H groups in total. The van der Waals surface area contributed by atoms with Crippen LogP contribution >= 0.6 is 0 Å². The summed E-state index contributed by atoms with van der Waals surface area (Å²) in [7, 11) is 1.87. The normalized spacial score (nSPS) is 12.2. The first kappa shape index (κ1) is 23.4. The van der Waals surface area contributed by atoms with Gasteiger partial charge in [0.05, 0.1) is 18.6 Å². The van der Waals surface area contributed by atoms with Gasteiger partial charge >= 0.3 is 0 Å². The van der Waals surface area contributed by atoms with E-state index in [2.05, 4.69) is 18.3 Å². The van der Waals surface area contributed by atoms with Crippen LogP contribution < -0.4 is 5.32 Å². The molecule has 0 aliphatic rings. The Morgan fingerprint density at radius 3 is 1.67 bits per heavy atom. The first-order valence-electron chi connectivity index (χ1n) is 10.5. The smallest absolute Gasteiger partial charge is 0.0821 e. The zero-order chi connectivity index (χ0) is 17.7. The number of nitriles is 1. The lowest BCUT2D eigenvalue weighted by atomic mass is 10.0. The van der Waals surface area contributed by atoms with E-state index in [1.54, 1.807) is 0 Å². The molecule has 142 valence electrons. The lowest BCUT2D eigenvalue weighted by Crippen LogP contribution is -2.21. The van der Waals surface area contributed by atoms with Crippen molar-refractivity contribution in [2.24, 2.45) is 5.92 Å². The van der Waals surface area contributed by atoms with E-state index < -0.39 is 0 Å². The van der Waals surface area contributed by atoms with Gasteiger partial charge in [0.1, 0.15) is 0 Å². The summed E-state index contributed by atoms with van der Waals surface area (Å²) < 4.78 is 5.58. The maximum atomic E-state index is 8.91. The molecule has 0 saturated heterocycles. The van der Waals surface area contributed by atoms with E-state index in [4.69, 9.17) is 10.00 Å². The lowest BCUT2D eigenvalue weighted by Gasteiger charge is -2.09. The number of ether oxygens (including phenoxy) is 1. The van der Waals surface area contributed by atoms with Crippen LogP contribution in [0.15, 0.2) is 0 Å². The molecule has 0 aliphatic heterocycles. The van der Waals surface area contributed by atoms with Gasteiger partial charge < -0.3 is 10.1 Å². The van der Waals surface area contributed by atoms with Gasteiger partial charge in [0.15, 0.2) is 0 Å². The number of rotatable bonds is 19. The molecule has 0 aromatic rings. The number of hydrogen-bond acceptors (Lipinski definition) is 3. The number of unbranched alkanes of at least 4 members (excludes halogenated alkanes) is 13. The van der Waals surface area contributed by atoms with Gasteiger partial charge in [-0.1, -0.05) is 90.4 Å². The van der Waals surface area contributed by atoms with Crippen molar-refractivity contribution >= 4 is 0 Å². The fourth-order valence-electron chi connectivity index (χ4n) is 3.01. The molecule has 0 amide bonds. The Labute approximate surface area is 151 Å². The maximum Gasteiger partial charge on any atom is 0.0821 e. The van der Waals surface area contributed by atoms with Crippen molar-refractivity contribution in [3.63, 3.8) is 0 Å². The molecular weight excluding hydrogens is 296 g/mol. The second-order valence-electron chi connectivity index (χ2n) is 7.05. The van der Waals surface area contributed by atoms with Gasteiger partial charge in [0.2, 0.25) is 0 Å². The Morgan fingerprint density at radius 2 is 1.25 bits per heavy atom. The quantitative estimate of drug-likeness (QED) is 0.301. The molecule has 3 heteroatoms. The van der Waals surface area contributed by atoms with Crippen molar-refractivity contribution in [2.45, 2.75) is 96.8 Å². The van der Waals surface area contributed by atoms with Crippen molar-refractivity contribution in [1.29, 1.82) is 5.26 Å². The summed E-state index contributed by atoms with van der Waals surface area (Å²) in [6.45, 7) is 4.37. The predicted octanol–water partition coefficient (Wildman–Crippen LogP) is 5.84. The highest BCUT2D eigenvalue weighted by Gasteiger charge is 2.05. The zero-order valence-corrected chi connectivity index (χ0v) is 16.5. The van der Waals surface area contributed by atoms with Gasteiger partial charge in [-0.25, -0.2) is 0 Å². The first-order valence-corrected chi connectivity index (χ1v) is 10.5. The highest BCUT2D eigenvalue weighted by molar-refractivity contribution is 4.83. The third kappa shape index (κ3) is 17.8. The van der Waals surface area contributed by atoms with Crippen molar-refractivity contribution in [2.75, 3.05) is 26.8 Å². The average molecular weight is 339 g/mol. The van der Waals surface area contributed by atoms with E-state index in [0.717, 1.165) is 19.6 Å². The van der Waals surface area contributed by atoms with E-state index in [-0.39, 0.29) is 5.92 Å². The molecule has 0 bridgehead atoms. The first-order chi connectivity index (χ1) is 11.8. The Hall–Kier alpha value is -0.590. The molecule has 1 atom stereocenters. The summed E-state index contributed by atoms with van der Waals surface area (Å²) >= 11 is 0. The molecule has 0 fully saturated rings. The average Bonchev–Trinajstić information content (AvgIpc) is 2.60. The summed E-state index contributed by atoms with van der Waals surface area (Å²) in [6, 6.07) is 2.27. The summed E-state index contributed by atoms with van der Waals surface area (Å²) in [6.07, 6.45) is 19.3. The lowest BCUT2D eigenvalue weighted by molar-refractivity contribution is 0.110. The van der Waals surface area contributed by atoms with E-state index in [9.17, 15) is 0 Å². The molecule has 1 unspecified atom stereocenters. The van der Waals surface area contributed by atoms with Crippen LogP contribution in [0, 0.1) is 17.2 Å². The van der Waals surface area contributed by atoms with Crippen LogP contribution in [0.5, 0.6) is 0 Å². The SMILES string of the molecule is CCCCCCCCCCCCCCCCOCC(C#N)CNC. The molecule has 0 spiro atoms. The largest absolute Gasteiger partial charge is 0.380 e. The van der Waals surface area contributed by atoms with Crippen LogP contribution in [0.3, 0.4) is 0 Å². The number of nitrogens with zero attached hydrogens (tertiary/aromatic N) is 1. The molecule has 0 saturated carbocycles. The van der Waals surface area contributed by atoms with Gasteiger partial charge in [-0.2, -0.15) is 5.26 Å². The van der Waals surface area contributed by atoms with E-state index in [1.807, 2.05) is 7.05 Å². The molecule has 0 aliphatic carbocycles. The fraction of sp³-hybridized carbons (Fsp3) is 0.952. The summed E-state index contributed by atoms with van der Waals surface area (Å²) in [4.78, 5) is 0. The Morgan fingerprint density at radius 1 is 0.792 bits per heavy atom. The van der Waals surface area contributed by atoms with Crippen LogP contribution in [-0.4, -0.2) is 26.8 Å². The molecule has 0 aromatic heterocycles. The molecule has 0 radical (unpaired) electrons. The van der Waals surface area contributed by atoms with Crippen LogP contribution in [0.2, 0.25) is 0 Å². The molecule has 3 nitrogen and oxygen atoms in total. The molecular formula is C21H42N2O. The van der Waals surface area contributed by atoms with Crippen molar-refractivity contribution in [3.05, 3.63) is 0 Å². The molecule has 0 aromatic carbocycles. The minimum Gasteiger partial charge on any atom is -0.380 e. The Kier molecular flexibility index (Phi) is 20.0. The Balaban J connectivity index is 3.09. The fourth-order valence-corrected chi connectivity index (χ4v) is 3.01. The molecule has 24 heavy (non-hydrogen) atoms. The van der Waals surface area contributed by atoms with Gasteiger partial charge in [-0.3, -0.25) is 0 Å². The summed E-state index contributed by atoms with van der Waals surface area (Å²) in [5.41, 5.74) is 0. The maximum absolute atomic E-state index is 8.91. The monoisotopic (exact) mass is 338 g/mol. The van der Waals surface area contributed by atoms with Crippen molar-refractivity contribution in [3.8, 4) is 6.07 Å². The van der Waals surface area contributed by atoms with E-state index in [0.29, 0.717) is 6.61 Å².